The monoisotopic (exact) mass is 1510 g/mol. The summed E-state index contributed by atoms with van der Waals surface area (Å²) in [6.07, 6.45) is 40.0. The highest BCUT2D eigenvalue weighted by atomic mass is 16.6. The zero-order chi connectivity index (χ0) is 77.2. The van der Waals surface area contributed by atoms with Gasteiger partial charge in [0.25, 0.3) is 0 Å². The van der Waals surface area contributed by atoms with Gasteiger partial charge in [-0.05, 0) is 344 Å². The number of rotatable bonds is 22. The van der Waals surface area contributed by atoms with E-state index in [4.69, 9.17) is 37.9 Å². The van der Waals surface area contributed by atoms with Crippen molar-refractivity contribution in [3.05, 3.63) is 0 Å². The lowest BCUT2D eigenvalue weighted by Crippen LogP contribution is -2.60. The Morgan fingerprint density at radius 3 is 0.991 bits per heavy atom. The van der Waals surface area contributed by atoms with Crippen molar-refractivity contribution in [3.63, 3.8) is 0 Å². The van der Waals surface area contributed by atoms with Crippen LogP contribution in [0.2, 0.25) is 0 Å². The van der Waals surface area contributed by atoms with Gasteiger partial charge in [0.2, 0.25) is 0 Å². The highest BCUT2D eigenvalue weighted by Crippen LogP contribution is 2.64. The van der Waals surface area contributed by atoms with E-state index < -0.39 is 10.8 Å². The molecule has 18 fully saturated rings. The third-order valence-electron chi connectivity index (χ3n) is 33.6. The largest absolute Gasteiger partial charge is 0.462 e. The molecule has 608 valence electrons. The quantitative estimate of drug-likeness (QED) is 0.0729. The molecule has 18 unspecified atom stereocenters. The van der Waals surface area contributed by atoms with Gasteiger partial charge in [0.15, 0.2) is 0 Å². The van der Waals surface area contributed by atoms with Crippen LogP contribution in [0.1, 0.15) is 341 Å². The van der Waals surface area contributed by atoms with Gasteiger partial charge in [0.05, 0.1) is 46.3 Å². The predicted octanol–water partition coefficient (Wildman–Crippen LogP) is 19.6. The molecule has 18 rings (SSSR count). The molecule has 0 radical (unpaired) electrons. The molecule has 0 amide bonds. The minimum atomic E-state index is -0.452. The van der Waals surface area contributed by atoms with Crippen LogP contribution >= 0.6 is 0 Å². The molecule has 0 aromatic rings. The topological polar surface area (TPSA) is 210 Å². The molecule has 0 aromatic carbocycles. The molecule has 0 aromatic heterocycles. The third kappa shape index (κ3) is 16.8. The average molecular weight is 1510 g/mol. The summed E-state index contributed by atoms with van der Waals surface area (Å²) < 4.78 is 48.5. The normalized spacial score (nSPS) is 41.5. The summed E-state index contributed by atoms with van der Waals surface area (Å²) in [6.45, 7) is 28.3. The molecule has 0 aliphatic heterocycles. The molecule has 0 spiro atoms. The maximum absolute atomic E-state index is 13.5. The molecule has 0 N–H and O–H groups in total. The molecule has 0 saturated heterocycles. The van der Waals surface area contributed by atoms with Gasteiger partial charge in [-0.25, -0.2) is 0 Å². The van der Waals surface area contributed by atoms with Gasteiger partial charge in [-0.15, -0.1) is 0 Å². The Morgan fingerprint density at radius 1 is 0.343 bits per heavy atom. The Kier molecular flexibility index (Phi) is 24.9. The van der Waals surface area contributed by atoms with Crippen LogP contribution in [-0.4, -0.2) is 94.6 Å². The number of ether oxygens (including phenoxy) is 8. The van der Waals surface area contributed by atoms with Crippen LogP contribution in [0.3, 0.4) is 0 Å². The number of hydrogen-bond acceptors (Lipinski definition) is 16. The standard InChI is InChI=1S/C25H38O4.C24H36O4.C22H36O4.C21H34O4/c1-4-14(3)23(26)28-22-13-17-11-20(22)21(12-17)24(27)29-25(5-2)18-7-15-6-16(9-18)10-19(25)8-15;1-4-13(2)22(25)27-21-12-16-10-19(21)20(11-16)23(26)28-24(3)17-6-14-5-15(8-17)9-18(24)7-14;1-5-21(3,4)20(24)25-18-14-15-12-16(18)17(13-15)19(23)26-22(6-2)10-8-7-9-11-22;1-5-20(2,3)19(23)24-17-13-14-11-15(17)16(12-14)18(22)25-21(4)9-7-6-8-10-21/h14-22H,4-13H2,1-3H3;13-21H,4-12H2,1-3H3;15-18H,5-14H2,1-4H3;14-17H,5-13H2,1-4H3. The van der Waals surface area contributed by atoms with Gasteiger partial charge in [-0.3, -0.25) is 38.4 Å². The van der Waals surface area contributed by atoms with E-state index in [2.05, 4.69) is 27.7 Å². The van der Waals surface area contributed by atoms with Crippen molar-refractivity contribution >= 4 is 47.8 Å². The first-order valence-electron chi connectivity index (χ1n) is 45.1. The van der Waals surface area contributed by atoms with E-state index in [0.717, 1.165) is 191 Å². The van der Waals surface area contributed by atoms with E-state index in [1.54, 1.807) is 0 Å². The van der Waals surface area contributed by atoms with Gasteiger partial charge >= 0.3 is 47.8 Å². The highest BCUT2D eigenvalue weighted by Gasteiger charge is 2.63. The summed E-state index contributed by atoms with van der Waals surface area (Å²) in [5.41, 5.74) is -1.90. The number of hydrogen-bond donors (Lipinski definition) is 0. The summed E-state index contributed by atoms with van der Waals surface area (Å²) >= 11 is 0. The number of carbonyl (C=O) groups is 8. The molecular weight excluding hydrogens is 1360 g/mol. The molecule has 16 heteroatoms. The molecule has 108 heavy (non-hydrogen) atoms. The predicted molar refractivity (Wildman–Crippen MR) is 411 cm³/mol. The lowest BCUT2D eigenvalue weighted by Gasteiger charge is -2.60. The van der Waals surface area contributed by atoms with E-state index in [1.165, 1.54) is 77.0 Å². The minimum Gasteiger partial charge on any atom is -0.462 e. The van der Waals surface area contributed by atoms with E-state index in [1.807, 2.05) is 69.2 Å². The number of fused-ring (bicyclic) bond motifs is 8. The summed E-state index contributed by atoms with van der Waals surface area (Å²) in [5.74, 6) is 7.57. The fourth-order valence-electron chi connectivity index (χ4n) is 25.9. The fraction of sp³-hybridized carbons (Fsp3) is 0.913. The molecular formula is C92H144O16. The van der Waals surface area contributed by atoms with Crippen molar-refractivity contribution in [1.82, 2.24) is 0 Å². The lowest BCUT2D eigenvalue weighted by atomic mass is 9.49. The van der Waals surface area contributed by atoms with E-state index in [-0.39, 0.29) is 154 Å². The number of carbonyl (C=O) groups excluding carboxylic acids is 8. The maximum Gasteiger partial charge on any atom is 0.311 e. The Morgan fingerprint density at radius 2 is 0.657 bits per heavy atom. The van der Waals surface area contributed by atoms with Gasteiger partial charge in [-0.1, -0.05) is 68.2 Å². The maximum atomic E-state index is 13.5. The van der Waals surface area contributed by atoms with Crippen molar-refractivity contribution in [2.75, 3.05) is 0 Å². The fourth-order valence-corrected chi connectivity index (χ4v) is 25.9. The van der Waals surface area contributed by atoms with E-state index >= 15 is 0 Å². The summed E-state index contributed by atoms with van der Waals surface area (Å²) in [7, 11) is 0. The first-order valence-corrected chi connectivity index (χ1v) is 45.1. The van der Waals surface area contributed by atoms with Crippen LogP contribution in [0, 0.1) is 141 Å². The molecule has 18 aliphatic carbocycles. The number of esters is 8. The molecule has 18 saturated carbocycles. The SMILES string of the molecule is CCC(C)(C)C(=O)OC1CC2CC(C(=O)OC3(C)CCCCC3)C1C2.CCC(C)C(=O)OC1CC2CC(C(=O)OC3(C)C4CC5CC(C4)CC3C5)C1C2.CCC(C)C(=O)OC1CC2CC(C(=O)OC3(CC)C4CC5CC(C4)CC3C5)C1C2.CCC1(OC(=O)C2CC3CC(OC(=O)C(C)(C)CC)C2C3)CCCCC1. The molecule has 0 heterocycles. The lowest BCUT2D eigenvalue weighted by molar-refractivity contribution is -0.217. The van der Waals surface area contributed by atoms with Crippen LogP contribution in [0.5, 0.6) is 0 Å². The Hall–Kier alpha value is -4.24. The van der Waals surface area contributed by atoms with Gasteiger partial charge < -0.3 is 37.9 Å². The zero-order valence-electron chi connectivity index (χ0n) is 69.4. The summed E-state index contributed by atoms with van der Waals surface area (Å²) in [6, 6.07) is 0. The first kappa shape index (κ1) is 81.8. The second kappa shape index (κ2) is 32.9. The summed E-state index contributed by atoms with van der Waals surface area (Å²) in [5, 5.41) is 0. The Labute approximate surface area is 649 Å². The van der Waals surface area contributed by atoms with Crippen molar-refractivity contribution < 1.29 is 76.3 Å². The van der Waals surface area contributed by atoms with Crippen LogP contribution in [-0.2, 0) is 76.3 Å². The van der Waals surface area contributed by atoms with Crippen molar-refractivity contribution in [2.45, 2.75) is 388 Å². The van der Waals surface area contributed by atoms with Crippen LogP contribution in [0.4, 0.5) is 0 Å². The van der Waals surface area contributed by atoms with Crippen LogP contribution in [0.25, 0.3) is 0 Å². The second-order valence-electron chi connectivity index (χ2n) is 41.2. The second-order valence-corrected chi connectivity index (χ2v) is 41.2. The molecule has 18 aliphatic rings. The van der Waals surface area contributed by atoms with Crippen molar-refractivity contribution in [2.24, 2.45) is 141 Å². The minimum absolute atomic E-state index is 0.00626. The van der Waals surface area contributed by atoms with Crippen molar-refractivity contribution in [3.8, 4) is 0 Å². The van der Waals surface area contributed by atoms with Crippen LogP contribution in [0.15, 0.2) is 0 Å². The molecule has 16 nitrogen and oxygen atoms in total. The van der Waals surface area contributed by atoms with E-state index in [9.17, 15) is 38.4 Å². The average Bonchev–Trinajstić information content (AvgIpc) is 0.987. The summed E-state index contributed by atoms with van der Waals surface area (Å²) in [4.78, 5) is 102. The van der Waals surface area contributed by atoms with Gasteiger partial charge in [0, 0.05) is 23.7 Å². The van der Waals surface area contributed by atoms with E-state index in [0.29, 0.717) is 47.3 Å². The first-order chi connectivity index (χ1) is 51.3. The van der Waals surface area contributed by atoms with Crippen molar-refractivity contribution in [1.29, 1.82) is 0 Å². The zero-order valence-corrected chi connectivity index (χ0v) is 69.4. The molecule has 16 bridgehead atoms. The third-order valence-corrected chi connectivity index (χ3v) is 33.6. The smallest absolute Gasteiger partial charge is 0.311 e. The van der Waals surface area contributed by atoms with Gasteiger partial charge in [-0.2, -0.15) is 0 Å². The Bertz CT molecular complexity index is 3150. The molecule has 18 atom stereocenters. The Balaban J connectivity index is 0.000000127. The highest BCUT2D eigenvalue weighted by molar-refractivity contribution is 5.79. The van der Waals surface area contributed by atoms with Crippen LogP contribution < -0.4 is 0 Å². The van der Waals surface area contributed by atoms with Gasteiger partial charge in [0.1, 0.15) is 46.8 Å².